The number of methoxy groups -OCH3 is 1. The average Bonchev–Trinajstić information content (AvgIpc) is 2.37. The Morgan fingerprint density at radius 1 is 1.33 bits per heavy atom. The highest BCUT2D eigenvalue weighted by atomic mass is 16.5. The minimum atomic E-state index is -0.614. The van der Waals surface area contributed by atoms with Crippen molar-refractivity contribution in [2.45, 2.75) is 32.6 Å². The van der Waals surface area contributed by atoms with E-state index in [-0.39, 0.29) is 23.1 Å². The van der Waals surface area contributed by atoms with Crippen LogP contribution in [0.15, 0.2) is 12.1 Å². The van der Waals surface area contributed by atoms with Gasteiger partial charge in [-0.2, -0.15) is 0 Å². The van der Waals surface area contributed by atoms with Crippen molar-refractivity contribution < 1.29 is 19.4 Å². The van der Waals surface area contributed by atoms with Gasteiger partial charge >= 0.3 is 5.97 Å². The number of carbonyl (C=O) groups excluding carboxylic acids is 2. The van der Waals surface area contributed by atoms with Crippen molar-refractivity contribution in [3.05, 3.63) is 23.3 Å². The third-order valence-electron chi connectivity index (χ3n) is 3.02. The lowest BCUT2D eigenvalue weighted by atomic mass is 9.84. The molecule has 0 saturated carbocycles. The summed E-state index contributed by atoms with van der Waals surface area (Å²) in [4.78, 5) is 22.5. The van der Waals surface area contributed by atoms with E-state index in [0.29, 0.717) is 17.8 Å². The third kappa shape index (κ3) is 4.37. The number of nitrogens with one attached hydrogen (secondary N) is 1. The minimum absolute atomic E-state index is 0.0881. The molecule has 1 amide bonds. The van der Waals surface area contributed by atoms with Crippen LogP contribution < -0.4 is 11.1 Å². The number of phenols is 1. The van der Waals surface area contributed by atoms with Gasteiger partial charge < -0.3 is 20.9 Å². The highest BCUT2D eigenvalue weighted by molar-refractivity contribution is 5.94. The zero-order valence-corrected chi connectivity index (χ0v) is 12.8. The van der Waals surface area contributed by atoms with E-state index in [1.165, 1.54) is 13.2 Å². The average molecular weight is 294 g/mol. The molecule has 0 aromatic heterocycles. The number of phenolic OH excluding ortho intramolecular Hbond substituents is 1. The van der Waals surface area contributed by atoms with Gasteiger partial charge in [-0.1, -0.05) is 20.8 Å². The summed E-state index contributed by atoms with van der Waals surface area (Å²) in [5.41, 5.74) is 6.06. The second-order valence-corrected chi connectivity index (χ2v) is 5.80. The molecule has 0 saturated heterocycles. The molecular weight excluding hydrogens is 272 g/mol. The number of carbonyl (C=O) groups is 2. The summed E-state index contributed by atoms with van der Waals surface area (Å²) in [6, 6.07) is 3.25. The topological polar surface area (TPSA) is 102 Å². The summed E-state index contributed by atoms with van der Waals surface area (Å²) in [6.07, 6.45) is 0.180. The van der Waals surface area contributed by atoms with Crippen LogP contribution in [0.1, 0.15) is 43.1 Å². The number of esters is 1. The van der Waals surface area contributed by atoms with Gasteiger partial charge in [0.2, 0.25) is 5.91 Å². The van der Waals surface area contributed by atoms with E-state index in [1.54, 1.807) is 6.07 Å². The van der Waals surface area contributed by atoms with Crippen LogP contribution in [0.25, 0.3) is 0 Å². The lowest BCUT2D eigenvalue weighted by Gasteiger charge is -2.23. The Hall–Kier alpha value is -2.24. The van der Waals surface area contributed by atoms with Crippen molar-refractivity contribution >= 4 is 17.6 Å². The number of hydrogen-bond donors (Lipinski definition) is 3. The van der Waals surface area contributed by atoms with E-state index in [2.05, 4.69) is 10.1 Å². The fourth-order valence-corrected chi connectivity index (χ4v) is 1.90. The van der Waals surface area contributed by atoms with Crippen molar-refractivity contribution in [3.63, 3.8) is 0 Å². The molecule has 1 rings (SSSR count). The first-order valence-electron chi connectivity index (χ1n) is 6.64. The zero-order chi connectivity index (χ0) is 16.2. The van der Waals surface area contributed by atoms with Gasteiger partial charge in [0.1, 0.15) is 11.3 Å². The fraction of sp³-hybridized carbons (Fsp3) is 0.467. The molecule has 6 nitrogen and oxygen atoms in total. The molecule has 4 N–H and O–H groups in total. The predicted octanol–water partition coefficient (Wildman–Crippen LogP) is 1.76. The summed E-state index contributed by atoms with van der Waals surface area (Å²) in [7, 11) is 1.26. The number of ether oxygens (including phenoxy) is 1. The first-order valence-corrected chi connectivity index (χ1v) is 6.64. The Kier molecular flexibility index (Phi) is 5.18. The van der Waals surface area contributed by atoms with Crippen LogP contribution in [0, 0.1) is 0 Å². The van der Waals surface area contributed by atoms with Crippen molar-refractivity contribution in [1.82, 2.24) is 0 Å². The number of benzene rings is 1. The Labute approximate surface area is 124 Å². The fourth-order valence-electron chi connectivity index (χ4n) is 1.90. The van der Waals surface area contributed by atoms with Crippen LogP contribution in [-0.4, -0.2) is 30.6 Å². The number of rotatable bonds is 5. The van der Waals surface area contributed by atoms with Gasteiger partial charge in [0, 0.05) is 24.2 Å². The molecule has 0 aliphatic heterocycles. The van der Waals surface area contributed by atoms with E-state index in [9.17, 15) is 14.7 Å². The molecule has 0 fully saturated rings. The maximum absolute atomic E-state index is 11.8. The second kappa shape index (κ2) is 6.47. The molecule has 0 bridgehead atoms. The van der Waals surface area contributed by atoms with Crippen molar-refractivity contribution in [2.24, 2.45) is 5.73 Å². The molecule has 6 heteroatoms. The molecule has 1 aromatic carbocycles. The number of anilines is 1. The molecule has 0 aliphatic rings. The van der Waals surface area contributed by atoms with Gasteiger partial charge in [-0.15, -0.1) is 0 Å². The van der Waals surface area contributed by atoms with E-state index >= 15 is 0 Å². The standard InChI is InChI=1S/C15H22N2O4/c1-15(2,3)11-8-9(17-6-5-12(16)18)7-10(13(11)19)14(20)21-4/h7-8,17,19H,5-6H2,1-4H3,(H2,16,18). The smallest absolute Gasteiger partial charge is 0.341 e. The maximum Gasteiger partial charge on any atom is 0.341 e. The summed E-state index contributed by atoms with van der Waals surface area (Å²) in [5, 5.41) is 13.3. The minimum Gasteiger partial charge on any atom is -0.507 e. The Morgan fingerprint density at radius 3 is 2.43 bits per heavy atom. The molecule has 0 atom stereocenters. The third-order valence-corrected chi connectivity index (χ3v) is 3.02. The molecule has 0 aliphatic carbocycles. The SMILES string of the molecule is COC(=O)c1cc(NCCC(N)=O)cc(C(C)(C)C)c1O. The summed E-state index contributed by atoms with van der Waals surface area (Å²) >= 11 is 0. The number of nitrogens with two attached hydrogens (primary N) is 1. The predicted molar refractivity (Wildman–Crippen MR) is 80.4 cm³/mol. The van der Waals surface area contributed by atoms with Gasteiger partial charge in [0.05, 0.1) is 7.11 Å². The highest BCUT2D eigenvalue weighted by Crippen LogP contribution is 2.36. The normalized spacial score (nSPS) is 11.0. The molecule has 0 radical (unpaired) electrons. The van der Waals surface area contributed by atoms with E-state index in [1.807, 2.05) is 20.8 Å². The van der Waals surface area contributed by atoms with E-state index in [4.69, 9.17) is 5.73 Å². The monoisotopic (exact) mass is 294 g/mol. The number of primary amides is 1. The van der Waals surface area contributed by atoms with Crippen LogP contribution in [0.5, 0.6) is 5.75 Å². The van der Waals surface area contributed by atoms with Crippen LogP contribution in [0.3, 0.4) is 0 Å². The van der Waals surface area contributed by atoms with Gasteiger partial charge in [0.15, 0.2) is 0 Å². The number of aromatic hydroxyl groups is 1. The second-order valence-electron chi connectivity index (χ2n) is 5.80. The van der Waals surface area contributed by atoms with Crippen molar-refractivity contribution in [3.8, 4) is 5.75 Å². The van der Waals surface area contributed by atoms with E-state index < -0.39 is 11.9 Å². The van der Waals surface area contributed by atoms with Crippen LogP contribution >= 0.6 is 0 Å². The summed E-state index contributed by atoms with van der Waals surface area (Å²) in [5.74, 6) is -1.11. The van der Waals surface area contributed by atoms with Gasteiger partial charge in [-0.05, 0) is 17.5 Å². The Morgan fingerprint density at radius 2 is 1.95 bits per heavy atom. The quantitative estimate of drug-likeness (QED) is 0.567. The maximum atomic E-state index is 11.8. The summed E-state index contributed by atoms with van der Waals surface area (Å²) < 4.78 is 4.68. The zero-order valence-electron chi connectivity index (χ0n) is 12.8. The molecule has 21 heavy (non-hydrogen) atoms. The number of hydrogen-bond acceptors (Lipinski definition) is 5. The first-order chi connectivity index (χ1) is 9.66. The lowest BCUT2D eigenvalue weighted by Crippen LogP contribution is -2.17. The van der Waals surface area contributed by atoms with Crippen LogP contribution in [0.4, 0.5) is 5.69 Å². The van der Waals surface area contributed by atoms with Crippen molar-refractivity contribution in [1.29, 1.82) is 0 Å². The van der Waals surface area contributed by atoms with Crippen LogP contribution in [0.2, 0.25) is 0 Å². The first kappa shape index (κ1) is 16.8. The highest BCUT2D eigenvalue weighted by Gasteiger charge is 2.24. The molecule has 116 valence electrons. The Balaban J connectivity index is 3.20. The molecular formula is C15H22N2O4. The van der Waals surface area contributed by atoms with Crippen molar-refractivity contribution in [2.75, 3.05) is 19.0 Å². The Bertz CT molecular complexity index is 547. The van der Waals surface area contributed by atoms with Gasteiger partial charge in [-0.3, -0.25) is 4.79 Å². The largest absolute Gasteiger partial charge is 0.507 e. The van der Waals surface area contributed by atoms with Gasteiger partial charge in [0.25, 0.3) is 0 Å². The van der Waals surface area contributed by atoms with E-state index in [0.717, 1.165) is 0 Å². The molecule has 0 unspecified atom stereocenters. The number of amides is 1. The molecule has 0 heterocycles. The van der Waals surface area contributed by atoms with Crippen LogP contribution in [-0.2, 0) is 14.9 Å². The summed E-state index contributed by atoms with van der Waals surface area (Å²) in [6.45, 7) is 6.13. The molecule has 0 spiro atoms. The van der Waals surface area contributed by atoms with Gasteiger partial charge in [-0.25, -0.2) is 4.79 Å². The molecule has 1 aromatic rings. The lowest BCUT2D eigenvalue weighted by molar-refractivity contribution is -0.117.